The molecule has 0 aromatic heterocycles. The lowest BCUT2D eigenvalue weighted by Crippen LogP contribution is -2.42. The fourth-order valence-corrected chi connectivity index (χ4v) is 9.16. The van der Waals surface area contributed by atoms with Gasteiger partial charge < -0.3 is 4.74 Å². The fraction of sp³-hybridized carbons (Fsp3) is 0.276. The van der Waals surface area contributed by atoms with E-state index in [2.05, 4.69) is 0 Å². The number of carbonyl (C=O) groups is 2. The van der Waals surface area contributed by atoms with Crippen molar-refractivity contribution >= 4 is 39.8 Å². The van der Waals surface area contributed by atoms with Gasteiger partial charge in [-0.15, -0.1) is 0 Å². The second-order valence-electron chi connectivity index (χ2n) is 8.59. The van der Waals surface area contributed by atoms with Gasteiger partial charge in [-0.25, -0.2) is 4.79 Å². The normalized spacial score (nSPS) is 14.7. The minimum Gasteiger partial charge on any atom is -0.462 e. The van der Waals surface area contributed by atoms with Crippen LogP contribution in [0.2, 0.25) is 0 Å². The number of benzene rings is 3. The third kappa shape index (κ3) is 4.35. The van der Waals surface area contributed by atoms with Crippen molar-refractivity contribution in [2.75, 3.05) is 6.61 Å². The highest BCUT2D eigenvalue weighted by Gasteiger charge is 2.41. The summed E-state index contributed by atoms with van der Waals surface area (Å²) in [5.41, 5.74) is 0. The Hall–Kier alpha value is -2.90. The predicted molar refractivity (Wildman–Crippen MR) is 138 cm³/mol. The van der Waals surface area contributed by atoms with Gasteiger partial charge in [-0.2, -0.15) is 0 Å². The molecule has 3 aromatic carbocycles. The molecule has 33 heavy (non-hydrogen) atoms. The van der Waals surface area contributed by atoms with Gasteiger partial charge in [-0.3, -0.25) is 4.79 Å². The van der Waals surface area contributed by atoms with E-state index < -0.39 is 12.9 Å². The first-order valence-electron chi connectivity index (χ1n) is 11.8. The van der Waals surface area contributed by atoms with Crippen molar-refractivity contribution in [3.05, 3.63) is 91.0 Å². The van der Waals surface area contributed by atoms with E-state index in [1.807, 2.05) is 97.9 Å². The van der Waals surface area contributed by atoms with Crippen molar-refractivity contribution in [2.45, 2.75) is 33.1 Å². The Morgan fingerprint density at radius 3 is 1.58 bits per heavy atom. The van der Waals surface area contributed by atoms with Crippen molar-refractivity contribution in [3.63, 3.8) is 0 Å². The zero-order valence-corrected chi connectivity index (χ0v) is 20.2. The third-order valence-electron chi connectivity index (χ3n) is 6.74. The van der Waals surface area contributed by atoms with Crippen LogP contribution in [-0.4, -0.2) is 23.7 Å². The van der Waals surface area contributed by atoms with Crippen LogP contribution in [0.25, 0.3) is 0 Å². The van der Waals surface area contributed by atoms with Gasteiger partial charge in [-0.1, -0.05) is 104 Å². The van der Waals surface area contributed by atoms with Crippen LogP contribution in [0.15, 0.2) is 91.0 Å². The third-order valence-corrected chi connectivity index (χ3v) is 11.0. The molecule has 170 valence electrons. The first kappa shape index (κ1) is 23.3. The van der Waals surface area contributed by atoms with E-state index in [1.54, 1.807) is 6.92 Å². The van der Waals surface area contributed by atoms with Gasteiger partial charge in [0.05, 0.1) is 6.61 Å². The minimum atomic E-state index is -2.79. The quantitative estimate of drug-likeness (QED) is 0.279. The molecule has 0 saturated heterocycles. The average molecular weight is 459 g/mol. The van der Waals surface area contributed by atoms with Crippen LogP contribution in [-0.2, 0) is 14.3 Å². The van der Waals surface area contributed by atoms with Crippen LogP contribution >= 0.6 is 6.89 Å². The van der Waals surface area contributed by atoms with E-state index in [1.165, 1.54) is 0 Å². The first-order chi connectivity index (χ1) is 16.1. The molecule has 0 N–H and O–H groups in total. The van der Waals surface area contributed by atoms with Crippen molar-refractivity contribution in [1.29, 1.82) is 0 Å². The Kier molecular flexibility index (Phi) is 7.30. The highest BCUT2D eigenvalue weighted by Crippen LogP contribution is 2.48. The zero-order chi connectivity index (χ0) is 23.3. The Morgan fingerprint density at radius 1 is 0.818 bits per heavy atom. The van der Waals surface area contributed by atoms with Gasteiger partial charge >= 0.3 is 5.97 Å². The smallest absolute Gasteiger partial charge is 0.342 e. The topological polar surface area (TPSA) is 43.4 Å². The summed E-state index contributed by atoms with van der Waals surface area (Å²) in [5.74, 6) is -0.443. The molecule has 4 heteroatoms. The Labute approximate surface area is 196 Å². The molecule has 0 aliphatic heterocycles. The summed E-state index contributed by atoms with van der Waals surface area (Å²) in [7, 11) is 0. The maximum absolute atomic E-state index is 14.3. The van der Waals surface area contributed by atoms with Gasteiger partial charge in [0, 0.05) is 5.92 Å². The fourth-order valence-electron chi connectivity index (χ4n) is 4.76. The van der Waals surface area contributed by atoms with E-state index in [-0.39, 0.29) is 18.3 Å². The number of hydrogen-bond acceptors (Lipinski definition) is 3. The van der Waals surface area contributed by atoms with Crippen LogP contribution in [0.4, 0.5) is 0 Å². The van der Waals surface area contributed by atoms with Gasteiger partial charge in [0.25, 0.3) is 0 Å². The molecule has 1 fully saturated rings. The van der Waals surface area contributed by atoms with Gasteiger partial charge in [0.2, 0.25) is 0 Å². The monoisotopic (exact) mass is 458 g/mol. The molecular weight excluding hydrogens is 427 g/mol. The maximum atomic E-state index is 14.3. The number of carbonyl (C=O) groups excluding carboxylic acids is 2. The number of ether oxygens (including phenoxy) is 1. The van der Waals surface area contributed by atoms with Crippen molar-refractivity contribution in [1.82, 2.24) is 0 Å². The van der Waals surface area contributed by atoms with Crippen LogP contribution in [0, 0.1) is 11.8 Å². The van der Waals surface area contributed by atoms with Gasteiger partial charge in [0.1, 0.15) is 5.29 Å². The molecule has 0 bridgehead atoms. The molecular formula is C29H31O3P. The molecule has 3 nitrogen and oxygen atoms in total. The predicted octanol–water partition coefficient (Wildman–Crippen LogP) is 4.72. The van der Waals surface area contributed by atoms with Crippen LogP contribution in [0.3, 0.4) is 0 Å². The van der Waals surface area contributed by atoms with E-state index in [0.717, 1.165) is 35.2 Å². The summed E-state index contributed by atoms with van der Waals surface area (Å²) in [6, 6.07) is 30.1. The number of rotatable bonds is 8. The second kappa shape index (κ2) is 10.4. The SMILES string of the molecule is CCOC(=O)C(C(=O)C(C)C1CCC1)=P(c1ccccc1)(c1ccccc1)c1ccccc1. The highest BCUT2D eigenvalue weighted by molar-refractivity contribution is 7.97. The summed E-state index contributed by atoms with van der Waals surface area (Å²) in [5, 5.41) is 3.27. The number of ketones is 1. The molecule has 1 atom stereocenters. The van der Waals surface area contributed by atoms with Gasteiger partial charge in [-0.05, 0) is 48.5 Å². The lowest BCUT2D eigenvalue weighted by atomic mass is 9.74. The summed E-state index contributed by atoms with van der Waals surface area (Å²) in [6.45, 7) is 1.22. The standard InChI is InChI=1S/C29H31O3P/c1-3-32-29(31)28(27(30)22(2)23-14-13-15-23)33(24-16-7-4-8-17-24,25-18-9-5-10-19-25)26-20-11-6-12-21-26/h4-12,16-23H,3,13-15H2,1-2H3. The van der Waals surface area contributed by atoms with Crippen molar-refractivity contribution < 1.29 is 14.3 Å². The summed E-state index contributed by atoms with van der Waals surface area (Å²) in [4.78, 5) is 28.0. The van der Waals surface area contributed by atoms with E-state index in [4.69, 9.17) is 4.74 Å². The summed E-state index contributed by atoms with van der Waals surface area (Å²) in [6.07, 6.45) is 3.22. The lowest BCUT2D eigenvalue weighted by Gasteiger charge is -2.35. The highest BCUT2D eigenvalue weighted by atomic mass is 31.2. The Morgan fingerprint density at radius 2 is 1.24 bits per heavy atom. The van der Waals surface area contributed by atoms with E-state index in [0.29, 0.717) is 11.2 Å². The largest absolute Gasteiger partial charge is 0.462 e. The first-order valence-corrected chi connectivity index (χ1v) is 13.5. The summed E-state index contributed by atoms with van der Waals surface area (Å²) >= 11 is 0. The summed E-state index contributed by atoms with van der Waals surface area (Å²) < 4.78 is 5.61. The van der Waals surface area contributed by atoms with Crippen molar-refractivity contribution in [3.8, 4) is 0 Å². The Balaban J connectivity index is 2.17. The average Bonchev–Trinajstić information content (AvgIpc) is 2.83. The molecule has 0 radical (unpaired) electrons. The molecule has 1 unspecified atom stereocenters. The van der Waals surface area contributed by atoms with Crippen LogP contribution in [0.5, 0.6) is 0 Å². The number of hydrogen-bond donors (Lipinski definition) is 0. The Bertz CT molecular complexity index is 1050. The zero-order valence-electron chi connectivity index (χ0n) is 19.3. The second-order valence-corrected chi connectivity index (χ2v) is 11.9. The van der Waals surface area contributed by atoms with E-state index in [9.17, 15) is 9.59 Å². The lowest BCUT2D eigenvalue weighted by molar-refractivity contribution is -0.135. The number of esters is 1. The number of Topliss-reactive ketones (excluding diaryl/α,β-unsaturated/α-hetero) is 1. The molecule has 3 aromatic rings. The van der Waals surface area contributed by atoms with Gasteiger partial charge in [0.15, 0.2) is 5.78 Å². The molecule has 1 aliphatic rings. The minimum absolute atomic E-state index is 0.0666. The van der Waals surface area contributed by atoms with Crippen LogP contribution < -0.4 is 15.9 Å². The molecule has 0 heterocycles. The van der Waals surface area contributed by atoms with E-state index >= 15 is 0 Å². The molecule has 0 spiro atoms. The molecule has 4 rings (SSSR count). The van der Waals surface area contributed by atoms with Crippen LogP contribution in [0.1, 0.15) is 33.1 Å². The maximum Gasteiger partial charge on any atom is 0.342 e. The molecule has 0 amide bonds. The van der Waals surface area contributed by atoms with Crippen molar-refractivity contribution in [2.24, 2.45) is 11.8 Å². The molecule has 1 saturated carbocycles. The molecule has 1 aliphatic carbocycles.